The number of carbonyl (C=O) groups excluding carboxylic acids is 2. The van der Waals surface area contributed by atoms with Crippen molar-refractivity contribution in [3.63, 3.8) is 0 Å². The zero-order valence-corrected chi connectivity index (χ0v) is 18.5. The van der Waals surface area contributed by atoms with Crippen molar-refractivity contribution in [3.8, 4) is 0 Å². The van der Waals surface area contributed by atoms with Crippen LogP contribution in [0.3, 0.4) is 0 Å². The van der Waals surface area contributed by atoms with Gasteiger partial charge in [0.05, 0.1) is 17.0 Å². The van der Waals surface area contributed by atoms with Gasteiger partial charge in [-0.15, -0.1) is 0 Å². The van der Waals surface area contributed by atoms with Gasteiger partial charge in [0.1, 0.15) is 6.54 Å². The Hall–Kier alpha value is -2.86. The Bertz CT molecular complexity index is 1130. The first-order valence-electron chi connectivity index (χ1n) is 9.98. The molecule has 1 saturated heterocycles. The molecular formula is C19H26N4O7S. The Morgan fingerprint density at radius 2 is 1.87 bits per heavy atom. The predicted molar refractivity (Wildman–Crippen MR) is 111 cm³/mol. The maximum absolute atomic E-state index is 13.0. The van der Waals surface area contributed by atoms with Crippen molar-refractivity contribution in [2.75, 3.05) is 32.8 Å². The van der Waals surface area contributed by atoms with E-state index in [9.17, 15) is 22.8 Å². The zero-order valence-electron chi connectivity index (χ0n) is 17.7. The predicted octanol–water partition coefficient (Wildman–Crippen LogP) is 0.582. The Morgan fingerprint density at radius 3 is 2.48 bits per heavy atom. The van der Waals surface area contributed by atoms with E-state index in [1.165, 1.54) is 27.4 Å². The van der Waals surface area contributed by atoms with Gasteiger partial charge in [-0.3, -0.25) is 9.36 Å². The van der Waals surface area contributed by atoms with Crippen LogP contribution < -0.4 is 11.1 Å². The fourth-order valence-corrected chi connectivity index (χ4v) is 4.78. The second kappa shape index (κ2) is 9.10. The minimum absolute atomic E-state index is 0.0304. The molecule has 3 rings (SSSR count). The summed E-state index contributed by atoms with van der Waals surface area (Å²) in [5.74, 6) is -1.09. The molecule has 0 bridgehead atoms. The smallest absolute Gasteiger partial charge is 0.420 e. The molecule has 11 nitrogen and oxygen atoms in total. The first kappa shape index (κ1) is 22.8. The molecule has 2 amide bonds. The van der Waals surface area contributed by atoms with E-state index >= 15 is 0 Å². The second-order valence-electron chi connectivity index (χ2n) is 7.40. The monoisotopic (exact) mass is 454 g/mol. The van der Waals surface area contributed by atoms with Crippen molar-refractivity contribution in [2.24, 2.45) is 0 Å². The van der Waals surface area contributed by atoms with Gasteiger partial charge in [0.25, 0.3) is 0 Å². The Balaban J connectivity index is 1.79. The fourth-order valence-electron chi connectivity index (χ4n) is 3.34. The Morgan fingerprint density at radius 1 is 1.19 bits per heavy atom. The molecule has 0 atom stereocenters. The molecule has 1 aliphatic rings. The van der Waals surface area contributed by atoms with Crippen LogP contribution in [-0.2, 0) is 26.1 Å². The highest BCUT2D eigenvalue weighted by Crippen LogP contribution is 2.23. The van der Waals surface area contributed by atoms with Crippen molar-refractivity contribution in [1.29, 1.82) is 0 Å². The minimum Gasteiger partial charge on any atom is -0.450 e. The summed E-state index contributed by atoms with van der Waals surface area (Å²) in [6, 6.07) is 4.02. The lowest BCUT2D eigenvalue weighted by Crippen LogP contribution is -2.50. The van der Waals surface area contributed by atoms with Gasteiger partial charge in [0.2, 0.25) is 15.9 Å². The molecule has 0 radical (unpaired) electrons. The number of hydrogen-bond acceptors (Lipinski definition) is 7. The molecule has 0 aliphatic carbocycles. The van der Waals surface area contributed by atoms with E-state index in [1.54, 1.807) is 20.8 Å². The van der Waals surface area contributed by atoms with Crippen molar-refractivity contribution >= 4 is 33.1 Å². The third kappa shape index (κ3) is 4.90. The van der Waals surface area contributed by atoms with Crippen molar-refractivity contribution in [1.82, 2.24) is 19.1 Å². The number of benzene rings is 1. The minimum atomic E-state index is -3.85. The summed E-state index contributed by atoms with van der Waals surface area (Å²) < 4.78 is 38.6. The van der Waals surface area contributed by atoms with Crippen LogP contribution in [0.1, 0.15) is 20.8 Å². The number of sulfonamides is 1. The van der Waals surface area contributed by atoms with E-state index in [0.717, 1.165) is 4.57 Å². The molecule has 2 heterocycles. The van der Waals surface area contributed by atoms with Crippen LogP contribution in [0.25, 0.3) is 11.1 Å². The van der Waals surface area contributed by atoms with Gasteiger partial charge in [-0.1, -0.05) is 0 Å². The SMILES string of the molecule is CCOC(=O)N1CCN(S(=O)(=O)c2ccc3c(c2)oc(=O)n3CC(=O)NC(C)C)CC1. The maximum atomic E-state index is 13.0. The van der Waals surface area contributed by atoms with Crippen molar-refractivity contribution in [2.45, 2.75) is 38.3 Å². The largest absolute Gasteiger partial charge is 0.450 e. The van der Waals surface area contributed by atoms with Gasteiger partial charge < -0.3 is 19.4 Å². The van der Waals surface area contributed by atoms with Crippen LogP contribution in [0.2, 0.25) is 0 Å². The van der Waals surface area contributed by atoms with Crippen molar-refractivity contribution in [3.05, 3.63) is 28.7 Å². The molecule has 12 heteroatoms. The number of ether oxygens (including phenoxy) is 1. The molecule has 0 spiro atoms. The molecule has 1 N–H and O–H groups in total. The van der Waals surface area contributed by atoms with Gasteiger partial charge >= 0.3 is 11.8 Å². The molecular weight excluding hydrogens is 428 g/mol. The summed E-state index contributed by atoms with van der Waals surface area (Å²) in [7, 11) is -3.85. The van der Waals surface area contributed by atoms with Crippen molar-refractivity contribution < 1.29 is 27.2 Å². The molecule has 0 unspecified atom stereocenters. The average molecular weight is 455 g/mol. The normalized spacial score (nSPS) is 15.4. The lowest BCUT2D eigenvalue weighted by Gasteiger charge is -2.33. The van der Waals surface area contributed by atoms with E-state index in [1.807, 2.05) is 0 Å². The van der Waals surface area contributed by atoms with Gasteiger partial charge in [0, 0.05) is 38.3 Å². The van der Waals surface area contributed by atoms with Gasteiger partial charge in [-0.2, -0.15) is 4.31 Å². The van der Waals surface area contributed by atoms with E-state index in [0.29, 0.717) is 5.52 Å². The highest BCUT2D eigenvalue weighted by molar-refractivity contribution is 7.89. The average Bonchev–Trinajstić information content (AvgIpc) is 3.02. The summed E-state index contributed by atoms with van der Waals surface area (Å²) >= 11 is 0. The number of rotatable bonds is 6. The standard InChI is InChI=1S/C19H26N4O7S/c1-4-29-18(25)21-7-9-22(10-8-21)31(27,28)14-5-6-15-16(11-14)30-19(26)23(15)12-17(24)20-13(2)3/h5-6,11,13H,4,7-10,12H2,1-3H3,(H,20,24). The number of carbonyl (C=O) groups is 2. The summed E-state index contributed by atoms with van der Waals surface area (Å²) in [6.07, 6.45) is -0.467. The van der Waals surface area contributed by atoms with Crippen LogP contribution in [0.5, 0.6) is 0 Å². The number of hydrogen-bond donors (Lipinski definition) is 1. The lowest BCUT2D eigenvalue weighted by atomic mass is 10.3. The Kier molecular flexibility index (Phi) is 6.70. The summed E-state index contributed by atoms with van der Waals surface area (Å²) in [4.78, 5) is 37.4. The Labute approximate surface area is 179 Å². The van der Waals surface area contributed by atoms with E-state index < -0.39 is 21.9 Å². The highest BCUT2D eigenvalue weighted by Gasteiger charge is 2.31. The number of piperazine rings is 1. The fraction of sp³-hybridized carbons (Fsp3) is 0.526. The first-order chi connectivity index (χ1) is 14.6. The van der Waals surface area contributed by atoms with E-state index in [-0.39, 0.29) is 61.8 Å². The van der Waals surface area contributed by atoms with Crippen LogP contribution in [0.4, 0.5) is 4.79 Å². The zero-order chi connectivity index (χ0) is 22.8. The summed E-state index contributed by atoms with van der Waals surface area (Å²) in [5.41, 5.74) is 0.406. The number of nitrogens with zero attached hydrogens (tertiary/aromatic N) is 3. The number of oxazole rings is 1. The van der Waals surface area contributed by atoms with Gasteiger partial charge in [-0.05, 0) is 32.9 Å². The van der Waals surface area contributed by atoms with Gasteiger partial charge in [0.15, 0.2) is 5.58 Å². The van der Waals surface area contributed by atoms with Crippen LogP contribution in [-0.4, -0.2) is 73.0 Å². The molecule has 1 aromatic heterocycles. The molecule has 1 aromatic carbocycles. The lowest BCUT2D eigenvalue weighted by molar-refractivity contribution is -0.122. The van der Waals surface area contributed by atoms with Crippen LogP contribution in [0, 0.1) is 0 Å². The third-order valence-corrected chi connectivity index (χ3v) is 6.69. The summed E-state index contributed by atoms with van der Waals surface area (Å²) in [6.45, 7) is 6.02. The molecule has 1 aliphatic heterocycles. The second-order valence-corrected chi connectivity index (χ2v) is 9.33. The first-order valence-corrected chi connectivity index (χ1v) is 11.4. The maximum Gasteiger partial charge on any atom is 0.420 e. The van der Waals surface area contributed by atoms with Gasteiger partial charge in [-0.25, -0.2) is 18.0 Å². The number of nitrogens with one attached hydrogen (secondary N) is 1. The quantitative estimate of drug-likeness (QED) is 0.675. The molecule has 0 saturated carbocycles. The van der Waals surface area contributed by atoms with E-state index in [4.69, 9.17) is 9.15 Å². The summed E-state index contributed by atoms with van der Waals surface area (Å²) in [5, 5.41) is 2.69. The molecule has 2 aromatic rings. The third-order valence-electron chi connectivity index (χ3n) is 4.79. The van der Waals surface area contributed by atoms with Crippen LogP contribution in [0.15, 0.2) is 32.3 Å². The number of amides is 2. The number of aromatic nitrogens is 1. The number of fused-ring (bicyclic) bond motifs is 1. The molecule has 1 fully saturated rings. The van der Waals surface area contributed by atoms with E-state index in [2.05, 4.69) is 5.32 Å². The molecule has 31 heavy (non-hydrogen) atoms. The topological polar surface area (TPSA) is 131 Å². The van der Waals surface area contributed by atoms with Crippen LogP contribution >= 0.6 is 0 Å². The highest BCUT2D eigenvalue weighted by atomic mass is 32.2. The molecule has 170 valence electrons.